The summed E-state index contributed by atoms with van der Waals surface area (Å²) in [5.74, 6) is 4.65. The highest BCUT2D eigenvalue weighted by Gasteiger charge is 2.32. The number of hydrogen-bond donors (Lipinski definition) is 1. The van der Waals surface area contributed by atoms with Gasteiger partial charge in [-0.1, -0.05) is 11.6 Å². The summed E-state index contributed by atoms with van der Waals surface area (Å²) < 4.78 is 17.1. The van der Waals surface area contributed by atoms with Crippen molar-refractivity contribution in [3.63, 3.8) is 0 Å². The summed E-state index contributed by atoms with van der Waals surface area (Å²) in [5.41, 5.74) is 4.82. The highest BCUT2D eigenvalue weighted by atomic mass is 32.2. The smallest absolute Gasteiger partial charge is 0.256 e. The number of amides is 1. The van der Waals surface area contributed by atoms with Crippen molar-refractivity contribution in [2.45, 2.75) is 52.0 Å². The lowest BCUT2D eigenvalue weighted by atomic mass is 9.97. The van der Waals surface area contributed by atoms with Crippen LogP contribution in [0.2, 0.25) is 0 Å². The minimum absolute atomic E-state index is 0.0801. The van der Waals surface area contributed by atoms with Crippen molar-refractivity contribution >= 4 is 38.6 Å². The first-order chi connectivity index (χ1) is 16.7. The second kappa shape index (κ2) is 9.18. The Hall–Kier alpha value is -3.07. The number of piperidine rings is 1. The topological polar surface area (TPSA) is 82.8 Å². The van der Waals surface area contributed by atoms with E-state index in [0.717, 1.165) is 60.6 Å². The van der Waals surface area contributed by atoms with E-state index in [-0.39, 0.29) is 11.9 Å². The molecule has 1 amide bonds. The Bertz CT molecular complexity index is 1370. The Kier molecular flexibility index (Phi) is 6.21. The number of fused-ring (bicyclic) bond motifs is 1. The lowest BCUT2D eigenvalue weighted by molar-refractivity contribution is 0.0606. The standard InChI is InChI=1S/C26H34N6O2S/c1-18-10-11-21(29-35(3,4)34)20(15-18)26(33)31-14-6-5-9-23(31)22-16-24-27-25(30-12-7-8-13-30)19(2)17-32(24)28-22/h10-11,15-17,23H,3,5-9,12-14H2,1-2,4H3,(H,29,34)/t23-,35?/m0/s1. The van der Waals surface area contributed by atoms with Gasteiger partial charge in [0.05, 0.1) is 23.0 Å². The van der Waals surface area contributed by atoms with Gasteiger partial charge in [0.25, 0.3) is 5.91 Å². The van der Waals surface area contributed by atoms with Gasteiger partial charge in [0, 0.05) is 53.4 Å². The van der Waals surface area contributed by atoms with Crippen molar-refractivity contribution in [1.29, 1.82) is 0 Å². The molecule has 2 atom stereocenters. The molecule has 1 aromatic carbocycles. The van der Waals surface area contributed by atoms with Crippen molar-refractivity contribution in [1.82, 2.24) is 19.5 Å². The fraction of sp³-hybridized carbons (Fsp3) is 0.462. The second-order valence-electron chi connectivity index (χ2n) is 9.98. The number of benzene rings is 1. The number of hydrogen-bond acceptors (Lipinski definition) is 5. The van der Waals surface area contributed by atoms with Crippen molar-refractivity contribution in [2.24, 2.45) is 0 Å². The summed E-state index contributed by atoms with van der Waals surface area (Å²) in [7, 11) is -2.52. The summed E-state index contributed by atoms with van der Waals surface area (Å²) in [4.78, 5) is 23.1. The number of aromatic nitrogens is 3. The molecule has 2 aromatic heterocycles. The fourth-order valence-corrected chi connectivity index (χ4v) is 5.87. The third-order valence-corrected chi connectivity index (χ3v) is 7.52. The Morgan fingerprint density at radius 3 is 2.60 bits per heavy atom. The van der Waals surface area contributed by atoms with Gasteiger partial charge in [0.2, 0.25) is 0 Å². The number of rotatable bonds is 5. The maximum absolute atomic E-state index is 13.9. The van der Waals surface area contributed by atoms with E-state index in [1.807, 2.05) is 46.8 Å². The lowest BCUT2D eigenvalue weighted by Crippen LogP contribution is -2.39. The first-order valence-electron chi connectivity index (χ1n) is 12.3. The third-order valence-electron chi connectivity index (χ3n) is 6.87. The highest BCUT2D eigenvalue weighted by molar-refractivity contribution is 8.00. The van der Waals surface area contributed by atoms with Crippen molar-refractivity contribution in [3.05, 3.63) is 52.8 Å². The van der Waals surface area contributed by atoms with Gasteiger partial charge in [-0.3, -0.25) is 4.79 Å². The number of nitrogens with zero attached hydrogens (tertiary/aromatic N) is 5. The summed E-state index contributed by atoms with van der Waals surface area (Å²) in [5, 5.41) is 4.86. The molecule has 4 heterocycles. The van der Waals surface area contributed by atoms with Crippen molar-refractivity contribution in [2.75, 3.05) is 35.5 Å². The maximum atomic E-state index is 13.9. The van der Waals surface area contributed by atoms with E-state index in [0.29, 0.717) is 17.8 Å². The zero-order chi connectivity index (χ0) is 24.7. The van der Waals surface area contributed by atoms with Crippen LogP contribution in [0.4, 0.5) is 11.5 Å². The molecule has 2 fully saturated rings. The SMILES string of the molecule is C=S(C)(=O)Nc1ccc(C)cc1C(=O)N1CCCC[C@H]1c1cc2nc(N3CCCC3)c(C)cn2n1. The molecule has 1 N–H and O–H groups in total. The van der Waals surface area contributed by atoms with Crippen molar-refractivity contribution < 1.29 is 9.00 Å². The molecular weight excluding hydrogens is 460 g/mol. The molecule has 2 aliphatic rings. The summed E-state index contributed by atoms with van der Waals surface area (Å²) in [6, 6.07) is 7.48. The molecule has 186 valence electrons. The van der Waals surface area contributed by atoms with Gasteiger partial charge in [-0.15, -0.1) is 0 Å². The number of nitrogens with one attached hydrogen (secondary N) is 1. The fourth-order valence-electron chi connectivity index (χ4n) is 5.22. The lowest BCUT2D eigenvalue weighted by Gasteiger charge is -2.35. The molecule has 2 saturated heterocycles. The Labute approximate surface area is 207 Å². The van der Waals surface area contributed by atoms with Gasteiger partial charge in [0.15, 0.2) is 5.65 Å². The monoisotopic (exact) mass is 494 g/mol. The molecule has 2 aliphatic heterocycles. The molecule has 9 heteroatoms. The quantitative estimate of drug-likeness (QED) is 0.543. The van der Waals surface area contributed by atoms with Crippen LogP contribution in [0.1, 0.15) is 65.3 Å². The molecule has 3 aromatic rings. The third kappa shape index (κ3) is 4.87. The minimum atomic E-state index is -2.52. The van der Waals surface area contributed by atoms with Crippen LogP contribution >= 0.6 is 0 Å². The van der Waals surface area contributed by atoms with E-state index >= 15 is 0 Å². The van der Waals surface area contributed by atoms with E-state index in [2.05, 4.69) is 22.4 Å². The van der Waals surface area contributed by atoms with E-state index in [1.165, 1.54) is 19.1 Å². The zero-order valence-corrected chi connectivity index (χ0v) is 21.6. The minimum Gasteiger partial charge on any atom is -0.356 e. The molecule has 0 bridgehead atoms. The highest BCUT2D eigenvalue weighted by Crippen LogP contribution is 2.34. The van der Waals surface area contributed by atoms with Gasteiger partial charge >= 0.3 is 0 Å². The first-order valence-corrected chi connectivity index (χ1v) is 14.5. The van der Waals surface area contributed by atoms with Crippen LogP contribution in [0.5, 0.6) is 0 Å². The molecule has 8 nitrogen and oxygen atoms in total. The van der Waals surface area contributed by atoms with Gasteiger partial charge in [-0.25, -0.2) is 13.7 Å². The van der Waals surface area contributed by atoms with E-state index in [9.17, 15) is 9.00 Å². The van der Waals surface area contributed by atoms with Crippen LogP contribution < -0.4 is 9.62 Å². The maximum Gasteiger partial charge on any atom is 0.256 e. The Balaban J connectivity index is 1.50. The van der Waals surface area contributed by atoms with Crippen LogP contribution in [0.15, 0.2) is 30.5 Å². The summed E-state index contributed by atoms with van der Waals surface area (Å²) in [6.45, 7) is 6.77. The van der Waals surface area contributed by atoms with E-state index in [4.69, 9.17) is 10.1 Å². The van der Waals surface area contributed by atoms with Gasteiger partial charge in [0.1, 0.15) is 5.82 Å². The Morgan fingerprint density at radius 1 is 1.11 bits per heavy atom. The largest absolute Gasteiger partial charge is 0.356 e. The molecule has 0 spiro atoms. The van der Waals surface area contributed by atoms with Crippen LogP contribution in [0.3, 0.4) is 0 Å². The predicted molar refractivity (Wildman–Crippen MR) is 143 cm³/mol. The molecule has 35 heavy (non-hydrogen) atoms. The van der Waals surface area contributed by atoms with E-state index < -0.39 is 9.71 Å². The number of anilines is 2. The molecule has 1 unspecified atom stereocenters. The molecule has 0 aliphatic carbocycles. The predicted octanol–water partition coefficient (Wildman–Crippen LogP) is 3.99. The number of carbonyl (C=O) groups excluding carboxylic acids is 1. The summed E-state index contributed by atoms with van der Waals surface area (Å²) >= 11 is 0. The number of carbonyl (C=O) groups is 1. The van der Waals surface area contributed by atoms with Crippen LogP contribution in [0.25, 0.3) is 5.65 Å². The second-order valence-corrected chi connectivity index (χ2v) is 12.2. The molecular formula is C26H34N6O2S. The normalized spacial score (nSPS) is 20.3. The summed E-state index contributed by atoms with van der Waals surface area (Å²) in [6.07, 6.45) is 8.81. The first kappa shape index (κ1) is 23.7. The zero-order valence-electron chi connectivity index (χ0n) is 20.8. The number of likely N-dealkylation sites (tertiary alicyclic amines) is 1. The van der Waals surface area contributed by atoms with Gasteiger partial charge in [-0.2, -0.15) is 5.10 Å². The Morgan fingerprint density at radius 2 is 1.86 bits per heavy atom. The average molecular weight is 495 g/mol. The van der Waals surface area contributed by atoms with Crippen LogP contribution in [0, 0.1) is 13.8 Å². The molecule has 0 radical (unpaired) electrons. The van der Waals surface area contributed by atoms with E-state index in [1.54, 1.807) is 0 Å². The van der Waals surface area contributed by atoms with Crippen LogP contribution in [-0.2, 0) is 9.71 Å². The van der Waals surface area contributed by atoms with Crippen LogP contribution in [-0.4, -0.2) is 61.4 Å². The van der Waals surface area contributed by atoms with Crippen molar-refractivity contribution in [3.8, 4) is 0 Å². The van der Waals surface area contributed by atoms with Gasteiger partial charge < -0.3 is 14.5 Å². The molecule has 5 rings (SSSR count). The number of aryl methyl sites for hydroxylation is 2. The molecule has 0 saturated carbocycles. The average Bonchev–Trinajstić information content (AvgIpc) is 3.48. The van der Waals surface area contributed by atoms with Gasteiger partial charge in [-0.05, 0) is 64.0 Å².